The Morgan fingerprint density at radius 3 is 1.20 bits per heavy atom. The van der Waals surface area contributed by atoms with Crippen LogP contribution in [0.1, 0.15) is 101 Å². The number of quaternary nitrogens is 1. The summed E-state index contributed by atoms with van der Waals surface area (Å²) in [5, 5.41) is 3.57. The van der Waals surface area contributed by atoms with Crippen molar-refractivity contribution in [3.8, 4) is 0 Å². The second-order valence-electron chi connectivity index (χ2n) is 9.74. The highest BCUT2D eigenvalue weighted by Gasteiger charge is 2.43. The Hall–Kier alpha value is -1.77. The standard InChI is InChI=1S/C27H39N2.ClH/c1-18(2)22-11-9-12-23(19(3)4)26(22)29(16-15-28-17-29)27-24(20(5)6)13-10-14-25(27)21(7)8;/h9-16,18-21,28H,17H2,1-8H3;1H/q+1;/p-1. The van der Waals surface area contributed by atoms with Gasteiger partial charge in [0.15, 0.2) is 18.0 Å². The average molecular weight is 427 g/mol. The summed E-state index contributed by atoms with van der Waals surface area (Å²) in [7, 11) is 0. The van der Waals surface area contributed by atoms with Crippen LogP contribution in [0.2, 0.25) is 0 Å². The van der Waals surface area contributed by atoms with Crippen LogP contribution >= 0.6 is 0 Å². The molecular formula is C27H39ClN2. The lowest BCUT2D eigenvalue weighted by Gasteiger charge is -2.38. The molecule has 0 unspecified atom stereocenters. The van der Waals surface area contributed by atoms with Gasteiger partial charge in [-0.05, 0) is 23.7 Å². The third-order valence-corrected chi connectivity index (χ3v) is 6.27. The molecule has 0 fully saturated rings. The molecule has 0 spiro atoms. The smallest absolute Gasteiger partial charge is 0.165 e. The van der Waals surface area contributed by atoms with Crippen molar-refractivity contribution in [3.05, 3.63) is 71.1 Å². The molecule has 0 aromatic heterocycles. The van der Waals surface area contributed by atoms with E-state index >= 15 is 0 Å². The zero-order valence-corrected chi connectivity index (χ0v) is 20.7. The monoisotopic (exact) mass is 426 g/mol. The third-order valence-electron chi connectivity index (χ3n) is 6.27. The van der Waals surface area contributed by atoms with E-state index in [0.717, 1.165) is 11.2 Å². The van der Waals surface area contributed by atoms with Gasteiger partial charge < -0.3 is 17.7 Å². The van der Waals surface area contributed by atoms with Crippen LogP contribution in [0.5, 0.6) is 0 Å². The van der Waals surface area contributed by atoms with Crippen molar-refractivity contribution in [1.29, 1.82) is 0 Å². The van der Waals surface area contributed by atoms with E-state index in [2.05, 4.69) is 110 Å². The highest BCUT2D eigenvalue weighted by Crippen LogP contribution is 2.50. The maximum absolute atomic E-state index is 3.57. The summed E-state index contributed by atoms with van der Waals surface area (Å²) in [4.78, 5) is 0. The van der Waals surface area contributed by atoms with Gasteiger partial charge in [0.2, 0.25) is 0 Å². The topological polar surface area (TPSA) is 12.0 Å². The van der Waals surface area contributed by atoms with Crippen molar-refractivity contribution in [1.82, 2.24) is 9.80 Å². The van der Waals surface area contributed by atoms with E-state index in [-0.39, 0.29) is 12.4 Å². The molecule has 0 atom stereocenters. The van der Waals surface area contributed by atoms with Crippen LogP contribution in [-0.2, 0) is 0 Å². The highest BCUT2D eigenvalue weighted by molar-refractivity contribution is 5.74. The maximum Gasteiger partial charge on any atom is 0.165 e. The Kier molecular flexibility index (Phi) is 7.82. The van der Waals surface area contributed by atoms with Crippen molar-refractivity contribution in [2.45, 2.75) is 79.1 Å². The molecule has 30 heavy (non-hydrogen) atoms. The minimum absolute atomic E-state index is 0. The van der Waals surface area contributed by atoms with Crippen molar-refractivity contribution in [2.24, 2.45) is 0 Å². The molecule has 3 rings (SSSR count). The summed E-state index contributed by atoms with van der Waals surface area (Å²) in [5.41, 5.74) is 8.76. The number of para-hydroxylation sites is 2. The average Bonchev–Trinajstić information content (AvgIpc) is 3.17. The number of hydrogen-bond acceptors (Lipinski definition) is 1. The van der Waals surface area contributed by atoms with Crippen LogP contribution in [0.15, 0.2) is 48.8 Å². The van der Waals surface area contributed by atoms with Gasteiger partial charge in [-0.1, -0.05) is 91.8 Å². The first-order valence-electron chi connectivity index (χ1n) is 11.3. The second-order valence-corrected chi connectivity index (χ2v) is 9.74. The first-order chi connectivity index (χ1) is 13.7. The fourth-order valence-electron chi connectivity index (χ4n) is 4.79. The van der Waals surface area contributed by atoms with Gasteiger partial charge in [0, 0.05) is 22.3 Å². The van der Waals surface area contributed by atoms with Crippen molar-refractivity contribution < 1.29 is 12.4 Å². The molecule has 1 heterocycles. The van der Waals surface area contributed by atoms with Gasteiger partial charge in [-0.25, -0.2) is 4.48 Å². The fraction of sp³-hybridized carbons (Fsp3) is 0.481. The van der Waals surface area contributed by atoms with Crippen molar-refractivity contribution >= 4 is 11.4 Å². The molecule has 1 aliphatic heterocycles. The Labute approximate surface area is 190 Å². The molecule has 0 radical (unpaired) electrons. The summed E-state index contributed by atoms with van der Waals surface area (Å²) in [6.45, 7) is 19.5. The van der Waals surface area contributed by atoms with Crippen LogP contribution in [0, 0.1) is 0 Å². The number of benzene rings is 2. The van der Waals surface area contributed by atoms with Crippen LogP contribution < -0.4 is 22.2 Å². The molecule has 164 valence electrons. The molecule has 0 saturated carbocycles. The van der Waals surface area contributed by atoms with Gasteiger partial charge in [-0.15, -0.1) is 0 Å². The highest BCUT2D eigenvalue weighted by atomic mass is 35.5. The summed E-state index contributed by atoms with van der Waals surface area (Å²) in [5.74, 6) is 1.89. The quantitative estimate of drug-likeness (QED) is 0.650. The molecule has 0 aliphatic carbocycles. The van der Waals surface area contributed by atoms with Gasteiger partial charge in [0.05, 0.1) is 6.20 Å². The van der Waals surface area contributed by atoms with Gasteiger partial charge in [-0.3, -0.25) is 0 Å². The minimum Gasteiger partial charge on any atom is -1.00 e. The molecule has 2 aromatic carbocycles. The van der Waals surface area contributed by atoms with E-state index in [0.29, 0.717) is 23.7 Å². The van der Waals surface area contributed by atoms with Crippen LogP contribution in [0.4, 0.5) is 11.4 Å². The number of halogens is 1. The lowest BCUT2D eigenvalue weighted by atomic mass is 9.87. The third kappa shape index (κ3) is 4.18. The van der Waals surface area contributed by atoms with E-state index in [1.54, 1.807) is 0 Å². The number of rotatable bonds is 6. The maximum atomic E-state index is 3.57. The molecule has 0 amide bonds. The normalized spacial score (nSPS) is 15.2. The van der Waals surface area contributed by atoms with Crippen LogP contribution in [-0.4, -0.2) is 6.67 Å². The van der Waals surface area contributed by atoms with Crippen LogP contribution in [0.3, 0.4) is 0 Å². The molecule has 3 heteroatoms. The molecule has 0 saturated heterocycles. The fourth-order valence-corrected chi connectivity index (χ4v) is 4.79. The largest absolute Gasteiger partial charge is 1.00 e. The van der Waals surface area contributed by atoms with E-state index in [1.807, 2.05) is 0 Å². The number of nitrogens with zero attached hydrogens (tertiary/aromatic N) is 1. The van der Waals surface area contributed by atoms with Gasteiger partial charge in [-0.2, -0.15) is 0 Å². The number of hydrogen-bond donors (Lipinski definition) is 1. The Morgan fingerprint density at radius 2 is 0.967 bits per heavy atom. The SMILES string of the molecule is CC(C)c1cccc(C(C)C)c1[N+]1(c2c(C(C)C)cccc2C(C)C)C=CNC1.[Cl-]. The predicted octanol–water partition coefficient (Wildman–Crippen LogP) is 4.86. The molecule has 2 nitrogen and oxygen atoms in total. The Balaban J connectivity index is 0.00000320. The van der Waals surface area contributed by atoms with Crippen LogP contribution in [0.25, 0.3) is 0 Å². The molecule has 2 aromatic rings. The molecular weight excluding hydrogens is 388 g/mol. The van der Waals surface area contributed by atoms with E-state index in [4.69, 9.17) is 0 Å². The minimum atomic E-state index is 0. The zero-order chi connectivity index (χ0) is 21.3. The van der Waals surface area contributed by atoms with Crippen molar-refractivity contribution in [3.63, 3.8) is 0 Å². The van der Waals surface area contributed by atoms with E-state index in [9.17, 15) is 0 Å². The Morgan fingerprint density at radius 1 is 0.633 bits per heavy atom. The Bertz CT molecular complexity index is 778. The molecule has 0 bridgehead atoms. The molecule has 1 aliphatic rings. The van der Waals surface area contributed by atoms with E-state index in [1.165, 1.54) is 33.6 Å². The summed E-state index contributed by atoms with van der Waals surface area (Å²) in [6.07, 6.45) is 4.54. The van der Waals surface area contributed by atoms with Gasteiger partial charge >= 0.3 is 0 Å². The zero-order valence-electron chi connectivity index (χ0n) is 20.0. The second kappa shape index (κ2) is 9.58. The number of nitrogens with one attached hydrogen (secondary N) is 1. The summed E-state index contributed by atoms with van der Waals surface area (Å²) < 4.78 is 0.768. The van der Waals surface area contributed by atoms with Gasteiger partial charge in [0.25, 0.3) is 0 Å². The van der Waals surface area contributed by atoms with Crippen molar-refractivity contribution in [2.75, 3.05) is 6.67 Å². The molecule has 1 N–H and O–H groups in total. The lowest BCUT2D eigenvalue weighted by molar-refractivity contribution is -0.00000646. The van der Waals surface area contributed by atoms with E-state index < -0.39 is 0 Å². The first-order valence-corrected chi connectivity index (χ1v) is 11.3. The van der Waals surface area contributed by atoms with Gasteiger partial charge in [0.1, 0.15) is 6.20 Å². The lowest BCUT2D eigenvalue weighted by Crippen LogP contribution is -3.00. The summed E-state index contributed by atoms with van der Waals surface area (Å²) >= 11 is 0. The summed E-state index contributed by atoms with van der Waals surface area (Å²) in [6, 6.07) is 13.8. The first kappa shape index (κ1) is 24.5. The predicted molar refractivity (Wildman–Crippen MR) is 128 cm³/mol.